The van der Waals surface area contributed by atoms with Crippen LogP contribution in [0.1, 0.15) is 22.3 Å². The van der Waals surface area contributed by atoms with Crippen LogP contribution in [0.25, 0.3) is 0 Å². The molecule has 0 aliphatic carbocycles. The second-order valence-electron chi connectivity index (χ2n) is 7.49. The zero-order valence-corrected chi connectivity index (χ0v) is 19.3. The van der Waals surface area contributed by atoms with Crippen LogP contribution in [-0.2, 0) is 13.2 Å². The average molecular weight is 459 g/mol. The molecular formula is C28H27ClN2O2. The number of nitrogens with zero attached hydrogens (tertiary/aromatic N) is 1. The van der Waals surface area contributed by atoms with Crippen molar-refractivity contribution in [2.45, 2.75) is 20.1 Å². The number of anilines is 1. The summed E-state index contributed by atoms with van der Waals surface area (Å²) in [4.78, 5) is 0. The molecule has 1 N–H and O–H groups in total. The van der Waals surface area contributed by atoms with Gasteiger partial charge in [0, 0.05) is 0 Å². The van der Waals surface area contributed by atoms with Crippen molar-refractivity contribution in [3.63, 3.8) is 0 Å². The van der Waals surface area contributed by atoms with Gasteiger partial charge in [0.1, 0.15) is 13.2 Å². The topological polar surface area (TPSA) is 42.9 Å². The number of ether oxygens (including phenoxy) is 2. The molecule has 0 atom stereocenters. The van der Waals surface area contributed by atoms with Gasteiger partial charge in [-0.2, -0.15) is 5.10 Å². The molecule has 0 radical (unpaired) electrons. The molecule has 5 heteroatoms. The van der Waals surface area contributed by atoms with E-state index in [9.17, 15) is 0 Å². The summed E-state index contributed by atoms with van der Waals surface area (Å²) in [5.74, 6) is 1.39. The first kappa shape index (κ1) is 23.9. The summed E-state index contributed by atoms with van der Waals surface area (Å²) in [6.45, 7) is 3.00. The van der Waals surface area contributed by atoms with E-state index in [2.05, 4.69) is 17.5 Å². The smallest absolute Gasteiger partial charge is 0.162 e. The molecule has 0 bridgehead atoms. The zero-order valence-electron chi connectivity index (χ0n) is 18.5. The molecule has 4 nitrogen and oxygen atoms in total. The molecule has 4 aromatic carbocycles. The number of hydrogen-bond acceptors (Lipinski definition) is 4. The number of nitrogens with one attached hydrogen (secondary N) is 1. The third-order valence-corrected chi connectivity index (χ3v) is 4.90. The molecule has 0 heterocycles. The molecule has 0 saturated carbocycles. The van der Waals surface area contributed by atoms with Crippen molar-refractivity contribution in [3.05, 3.63) is 125 Å². The Bertz CT molecular complexity index is 1150. The Morgan fingerprint density at radius 1 is 0.697 bits per heavy atom. The van der Waals surface area contributed by atoms with Gasteiger partial charge in [-0.05, 0) is 53.9 Å². The Balaban J connectivity index is 0.00000306. The van der Waals surface area contributed by atoms with E-state index in [1.165, 1.54) is 5.56 Å². The second kappa shape index (κ2) is 12.3. The van der Waals surface area contributed by atoms with Gasteiger partial charge in [0.25, 0.3) is 0 Å². The van der Waals surface area contributed by atoms with Crippen LogP contribution < -0.4 is 14.9 Å². The minimum atomic E-state index is 0. The van der Waals surface area contributed by atoms with Crippen LogP contribution in [0.4, 0.5) is 5.69 Å². The van der Waals surface area contributed by atoms with Crippen molar-refractivity contribution < 1.29 is 9.47 Å². The lowest BCUT2D eigenvalue weighted by Gasteiger charge is -2.14. The molecule has 0 aromatic heterocycles. The van der Waals surface area contributed by atoms with Gasteiger partial charge >= 0.3 is 0 Å². The number of rotatable bonds is 9. The van der Waals surface area contributed by atoms with E-state index in [-0.39, 0.29) is 12.4 Å². The highest BCUT2D eigenvalue weighted by Gasteiger charge is 2.08. The average Bonchev–Trinajstić information content (AvgIpc) is 2.84. The predicted molar refractivity (Wildman–Crippen MR) is 138 cm³/mol. The quantitative estimate of drug-likeness (QED) is 0.216. The van der Waals surface area contributed by atoms with Gasteiger partial charge in [0.15, 0.2) is 11.5 Å². The molecule has 0 aliphatic heterocycles. The summed E-state index contributed by atoms with van der Waals surface area (Å²) < 4.78 is 12.2. The first-order valence-electron chi connectivity index (χ1n) is 10.6. The van der Waals surface area contributed by atoms with E-state index in [0.29, 0.717) is 24.7 Å². The Hall–Kier alpha value is -3.76. The molecule has 0 fully saturated rings. The van der Waals surface area contributed by atoms with Gasteiger partial charge < -0.3 is 9.47 Å². The largest absolute Gasteiger partial charge is 0.485 e. The fraction of sp³-hybridized carbons (Fsp3) is 0.107. The lowest BCUT2D eigenvalue weighted by atomic mass is 10.2. The minimum Gasteiger partial charge on any atom is -0.485 e. The highest BCUT2D eigenvalue weighted by atomic mass is 35.5. The minimum absolute atomic E-state index is 0. The zero-order chi connectivity index (χ0) is 22.0. The molecule has 33 heavy (non-hydrogen) atoms. The Morgan fingerprint density at radius 3 is 1.88 bits per heavy atom. The normalized spacial score (nSPS) is 10.5. The van der Waals surface area contributed by atoms with Crippen LogP contribution in [0.5, 0.6) is 11.5 Å². The lowest BCUT2D eigenvalue weighted by Crippen LogP contribution is -2.01. The molecule has 168 valence electrons. The molecule has 0 aliphatic rings. The van der Waals surface area contributed by atoms with Gasteiger partial charge in [-0.3, -0.25) is 5.43 Å². The van der Waals surface area contributed by atoms with Gasteiger partial charge in [-0.1, -0.05) is 78.4 Å². The van der Waals surface area contributed by atoms with Crippen molar-refractivity contribution in [2.24, 2.45) is 5.10 Å². The number of hydrazone groups is 1. The van der Waals surface area contributed by atoms with Gasteiger partial charge in [0.05, 0.1) is 11.9 Å². The maximum absolute atomic E-state index is 6.12. The van der Waals surface area contributed by atoms with E-state index < -0.39 is 0 Å². The molecule has 0 saturated heterocycles. The third-order valence-electron chi connectivity index (χ3n) is 4.90. The number of hydrogen-bond donors (Lipinski definition) is 1. The van der Waals surface area contributed by atoms with Crippen molar-refractivity contribution in [1.82, 2.24) is 0 Å². The van der Waals surface area contributed by atoms with E-state index >= 15 is 0 Å². The summed E-state index contributed by atoms with van der Waals surface area (Å²) in [6.07, 6.45) is 1.77. The van der Waals surface area contributed by atoms with Crippen LogP contribution in [0.3, 0.4) is 0 Å². The first-order chi connectivity index (χ1) is 15.8. The molecule has 0 spiro atoms. The highest BCUT2D eigenvalue weighted by Crippen LogP contribution is 2.29. The monoisotopic (exact) mass is 458 g/mol. The van der Waals surface area contributed by atoms with Crippen LogP contribution in [-0.4, -0.2) is 6.21 Å². The summed E-state index contributed by atoms with van der Waals surface area (Å²) in [6, 6.07) is 34.1. The fourth-order valence-corrected chi connectivity index (χ4v) is 3.12. The summed E-state index contributed by atoms with van der Waals surface area (Å²) >= 11 is 0. The SMILES string of the molecule is Cc1ccc(N/N=C/c2ccc(OCc3ccccc3)c(OCc3ccccc3)c2)cc1.Cl. The molecule has 4 rings (SSSR count). The summed E-state index contributed by atoms with van der Waals surface area (Å²) in [5, 5.41) is 4.35. The Kier molecular flexibility index (Phi) is 8.92. The highest BCUT2D eigenvalue weighted by molar-refractivity contribution is 5.85. The molecule has 4 aromatic rings. The van der Waals surface area contributed by atoms with Crippen molar-refractivity contribution >= 4 is 24.3 Å². The summed E-state index contributed by atoms with van der Waals surface area (Å²) in [7, 11) is 0. The first-order valence-corrected chi connectivity index (χ1v) is 10.6. The summed E-state index contributed by atoms with van der Waals surface area (Å²) in [5.41, 5.74) is 8.33. The number of halogens is 1. The van der Waals surface area contributed by atoms with Crippen molar-refractivity contribution in [3.8, 4) is 11.5 Å². The van der Waals surface area contributed by atoms with E-state index in [4.69, 9.17) is 9.47 Å². The van der Waals surface area contributed by atoms with Gasteiger partial charge in [-0.25, -0.2) is 0 Å². The van der Waals surface area contributed by atoms with Gasteiger partial charge in [-0.15, -0.1) is 12.4 Å². The number of aryl methyl sites for hydroxylation is 1. The van der Waals surface area contributed by atoms with E-state index in [1.807, 2.05) is 103 Å². The maximum atomic E-state index is 6.12. The van der Waals surface area contributed by atoms with Crippen molar-refractivity contribution in [1.29, 1.82) is 0 Å². The molecule has 0 unspecified atom stereocenters. The van der Waals surface area contributed by atoms with Crippen molar-refractivity contribution in [2.75, 3.05) is 5.43 Å². The van der Waals surface area contributed by atoms with Crippen LogP contribution in [0.2, 0.25) is 0 Å². The van der Waals surface area contributed by atoms with E-state index in [0.717, 1.165) is 22.4 Å². The molecule has 0 amide bonds. The predicted octanol–water partition coefficient (Wildman–Crippen LogP) is 7.02. The van der Waals surface area contributed by atoms with Crippen LogP contribution >= 0.6 is 12.4 Å². The van der Waals surface area contributed by atoms with Gasteiger partial charge in [0.2, 0.25) is 0 Å². The standard InChI is InChI=1S/C28H26N2O2.ClH/c1-22-12-15-26(16-13-22)30-29-19-25-14-17-27(31-20-23-8-4-2-5-9-23)28(18-25)32-21-24-10-6-3-7-11-24;/h2-19,30H,20-21H2,1H3;1H/b29-19+;. The Labute approximate surface area is 201 Å². The fourth-order valence-electron chi connectivity index (χ4n) is 3.12. The Morgan fingerprint density at radius 2 is 1.27 bits per heavy atom. The van der Waals surface area contributed by atoms with Crippen LogP contribution in [0.15, 0.2) is 108 Å². The van der Waals surface area contributed by atoms with Crippen LogP contribution in [0, 0.1) is 6.92 Å². The number of benzene rings is 4. The third kappa shape index (κ3) is 7.41. The molecular weight excluding hydrogens is 432 g/mol. The lowest BCUT2D eigenvalue weighted by molar-refractivity contribution is 0.256. The maximum Gasteiger partial charge on any atom is 0.162 e. The van der Waals surface area contributed by atoms with E-state index in [1.54, 1.807) is 6.21 Å². The second-order valence-corrected chi connectivity index (χ2v) is 7.49.